The fourth-order valence-corrected chi connectivity index (χ4v) is 2.66. The largest absolute Gasteiger partial charge is 0.466 e. The number of nitrogens with zero attached hydrogens (tertiary/aromatic N) is 4. The molecule has 0 atom stereocenters. The lowest BCUT2D eigenvalue weighted by Gasteiger charge is -2.22. The number of pyridine rings is 1. The molecule has 0 unspecified atom stereocenters. The van der Waals surface area contributed by atoms with Crippen LogP contribution in [0.1, 0.15) is 26.2 Å². The van der Waals surface area contributed by atoms with Gasteiger partial charge in [-0.05, 0) is 38.0 Å². The SMILES string of the molecule is CCOC(=O)CCN(Cn1nccc1-c1ccncc1)C1CC1. The number of hydrogen-bond acceptors (Lipinski definition) is 5. The van der Waals surface area contributed by atoms with Gasteiger partial charge in [-0.2, -0.15) is 5.10 Å². The molecule has 2 aromatic rings. The van der Waals surface area contributed by atoms with Crippen LogP contribution in [0.5, 0.6) is 0 Å². The van der Waals surface area contributed by atoms with Gasteiger partial charge in [0.15, 0.2) is 0 Å². The van der Waals surface area contributed by atoms with E-state index in [9.17, 15) is 4.79 Å². The van der Waals surface area contributed by atoms with Crippen molar-refractivity contribution in [2.45, 2.75) is 38.9 Å². The monoisotopic (exact) mass is 314 g/mol. The van der Waals surface area contributed by atoms with Gasteiger partial charge < -0.3 is 4.74 Å². The number of rotatable bonds is 8. The summed E-state index contributed by atoms with van der Waals surface area (Å²) in [6.07, 6.45) is 8.18. The molecule has 0 amide bonds. The molecule has 0 aliphatic heterocycles. The Balaban J connectivity index is 1.67. The molecule has 1 fully saturated rings. The van der Waals surface area contributed by atoms with Crippen molar-refractivity contribution in [3.05, 3.63) is 36.8 Å². The molecule has 0 N–H and O–H groups in total. The standard InChI is InChI=1S/C17H22N4O2/c1-2-23-17(22)8-12-20(15-3-4-15)13-21-16(7-11-19-21)14-5-9-18-10-6-14/h5-7,9-11,15H,2-4,8,12-13H2,1H3. The molecule has 2 heterocycles. The van der Waals surface area contributed by atoms with Gasteiger partial charge in [0.05, 0.1) is 25.4 Å². The topological polar surface area (TPSA) is 60.2 Å². The minimum atomic E-state index is -0.132. The van der Waals surface area contributed by atoms with E-state index in [4.69, 9.17) is 4.74 Å². The second kappa shape index (κ2) is 7.37. The first-order valence-electron chi connectivity index (χ1n) is 8.10. The summed E-state index contributed by atoms with van der Waals surface area (Å²) in [5, 5.41) is 4.44. The molecule has 1 saturated carbocycles. The molecule has 0 aromatic carbocycles. The van der Waals surface area contributed by atoms with Gasteiger partial charge in [0.1, 0.15) is 0 Å². The minimum Gasteiger partial charge on any atom is -0.466 e. The van der Waals surface area contributed by atoms with Crippen LogP contribution in [0.4, 0.5) is 0 Å². The Hall–Kier alpha value is -2.21. The molecule has 0 radical (unpaired) electrons. The number of aromatic nitrogens is 3. The van der Waals surface area contributed by atoms with Gasteiger partial charge in [-0.3, -0.25) is 19.4 Å². The summed E-state index contributed by atoms with van der Waals surface area (Å²) in [5.41, 5.74) is 2.16. The lowest BCUT2D eigenvalue weighted by molar-refractivity contribution is -0.143. The Labute approximate surface area is 136 Å². The van der Waals surface area contributed by atoms with Crippen molar-refractivity contribution >= 4 is 5.97 Å². The maximum Gasteiger partial charge on any atom is 0.307 e. The highest BCUT2D eigenvalue weighted by molar-refractivity contribution is 5.69. The molecule has 0 spiro atoms. The zero-order valence-corrected chi connectivity index (χ0v) is 13.4. The van der Waals surface area contributed by atoms with E-state index in [2.05, 4.69) is 15.0 Å². The number of esters is 1. The molecule has 6 heteroatoms. The second-order valence-corrected chi connectivity index (χ2v) is 5.69. The maximum absolute atomic E-state index is 11.6. The van der Waals surface area contributed by atoms with Gasteiger partial charge in [-0.15, -0.1) is 0 Å². The smallest absolute Gasteiger partial charge is 0.307 e. The van der Waals surface area contributed by atoms with Crippen LogP contribution >= 0.6 is 0 Å². The van der Waals surface area contributed by atoms with Crippen molar-refractivity contribution in [3.8, 4) is 11.3 Å². The Bertz CT molecular complexity index is 637. The van der Waals surface area contributed by atoms with Crippen molar-refractivity contribution in [2.75, 3.05) is 13.2 Å². The van der Waals surface area contributed by atoms with Gasteiger partial charge >= 0.3 is 5.97 Å². The molecule has 23 heavy (non-hydrogen) atoms. The second-order valence-electron chi connectivity index (χ2n) is 5.69. The lowest BCUT2D eigenvalue weighted by atomic mass is 10.2. The van der Waals surface area contributed by atoms with E-state index in [1.165, 1.54) is 12.8 Å². The third-order valence-electron chi connectivity index (χ3n) is 3.98. The molecule has 2 aromatic heterocycles. The molecule has 122 valence electrons. The summed E-state index contributed by atoms with van der Waals surface area (Å²) in [7, 11) is 0. The number of carbonyl (C=O) groups is 1. The van der Waals surface area contributed by atoms with Crippen LogP contribution in [0.3, 0.4) is 0 Å². The van der Waals surface area contributed by atoms with Crippen LogP contribution in [-0.2, 0) is 16.2 Å². The summed E-state index contributed by atoms with van der Waals surface area (Å²) < 4.78 is 7.01. The van der Waals surface area contributed by atoms with Crippen LogP contribution in [0.25, 0.3) is 11.3 Å². The van der Waals surface area contributed by atoms with E-state index >= 15 is 0 Å². The quantitative estimate of drug-likeness (QED) is 0.700. The summed E-state index contributed by atoms with van der Waals surface area (Å²) in [6, 6.07) is 6.52. The Morgan fingerprint density at radius 3 is 2.78 bits per heavy atom. The molecule has 0 bridgehead atoms. The van der Waals surface area contributed by atoms with Gasteiger partial charge in [-0.1, -0.05) is 0 Å². The van der Waals surface area contributed by atoms with E-state index in [-0.39, 0.29) is 5.97 Å². The highest BCUT2D eigenvalue weighted by atomic mass is 16.5. The van der Waals surface area contributed by atoms with Crippen molar-refractivity contribution < 1.29 is 9.53 Å². The van der Waals surface area contributed by atoms with Crippen LogP contribution in [0.2, 0.25) is 0 Å². The van der Waals surface area contributed by atoms with Crippen LogP contribution < -0.4 is 0 Å². The maximum atomic E-state index is 11.6. The van der Waals surface area contributed by atoms with E-state index in [1.807, 2.05) is 36.0 Å². The van der Waals surface area contributed by atoms with Crippen molar-refractivity contribution in [3.63, 3.8) is 0 Å². The molecule has 1 aliphatic carbocycles. The Morgan fingerprint density at radius 1 is 1.30 bits per heavy atom. The molecule has 6 nitrogen and oxygen atoms in total. The highest BCUT2D eigenvalue weighted by Crippen LogP contribution is 2.28. The summed E-state index contributed by atoms with van der Waals surface area (Å²) in [4.78, 5) is 18.0. The summed E-state index contributed by atoms with van der Waals surface area (Å²) in [6.45, 7) is 3.67. The molecule has 0 saturated heterocycles. The van der Waals surface area contributed by atoms with Gasteiger partial charge in [0.2, 0.25) is 0 Å². The van der Waals surface area contributed by atoms with Crippen molar-refractivity contribution in [1.29, 1.82) is 0 Å². The van der Waals surface area contributed by atoms with Crippen molar-refractivity contribution in [2.24, 2.45) is 0 Å². The van der Waals surface area contributed by atoms with E-state index in [0.29, 0.717) is 32.3 Å². The van der Waals surface area contributed by atoms with E-state index in [0.717, 1.165) is 11.3 Å². The van der Waals surface area contributed by atoms with Crippen LogP contribution in [0.15, 0.2) is 36.8 Å². The van der Waals surface area contributed by atoms with Crippen molar-refractivity contribution in [1.82, 2.24) is 19.7 Å². The van der Waals surface area contributed by atoms with Gasteiger partial charge in [-0.25, -0.2) is 0 Å². The molecule has 1 aliphatic rings. The predicted octanol–water partition coefficient (Wildman–Crippen LogP) is 2.32. The molecular weight excluding hydrogens is 292 g/mol. The van der Waals surface area contributed by atoms with Gasteiger partial charge in [0.25, 0.3) is 0 Å². The lowest BCUT2D eigenvalue weighted by Crippen LogP contribution is -2.32. The first-order chi connectivity index (χ1) is 11.3. The fourth-order valence-electron chi connectivity index (χ4n) is 2.66. The fraction of sp³-hybridized carbons (Fsp3) is 0.471. The first-order valence-corrected chi connectivity index (χ1v) is 8.10. The normalized spacial score (nSPS) is 14.2. The number of hydrogen-bond donors (Lipinski definition) is 0. The molecular formula is C17H22N4O2. The summed E-state index contributed by atoms with van der Waals surface area (Å²) >= 11 is 0. The predicted molar refractivity (Wildman–Crippen MR) is 86.4 cm³/mol. The zero-order chi connectivity index (χ0) is 16.1. The first kappa shape index (κ1) is 15.7. The Kier molecular flexibility index (Phi) is 5.02. The van der Waals surface area contributed by atoms with E-state index in [1.54, 1.807) is 12.4 Å². The number of ether oxygens (including phenoxy) is 1. The Morgan fingerprint density at radius 2 is 2.09 bits per heavy atom. The van der Waals surface area contributed by atoms with Gasteiger partial charge in [0, 0.05) is 36.7 Å². The highest BCUT2D eigenvalue weighted by Gasteiger charge is 2.29. The van der Waals surface area contributed by atoms with Crippen LogP contribution in [-0.4, -0.2) is 44.8 Å². The third kappa shape index (κ3) is 4.16. The summed E-state index contributed by atoms with van der Waals surface area (Å²) in [5.74, 6) is -0.132. The third-order valence-corrected chi connectivity index (χ3v) is 3.98. The van der Waals surface area contributed by atoms with E-state index < -0.39 is 0 Å². The average Bonchev–Trinajstić information content (AvgIpc) is 3.31. The number of carbonyl (C=O) groups excluding carboxylic acids is 1. The average molecular weight is 314 g/mol. The zero-order valence-electron chi connectivity index (χ0n) is 13.4. The molecule has 3 rings (SSSR count). The minimum absolute atomic E-state index is 0.132. The van der Waals surface area contributed by atoms with Crippen LogP contribution in [0, 0.1) is 0 Å².